The van der Waals surface area contributed by atoms with Gasteiger partial charge in [0.1, 0.15) is 0 Å². The Hall–Kier alpha value is -0.710. The molecule has 1 aromatic carbocycles. The highest BCUT2D eigenvalue weighted by atomic mass is 79.9. The lowest BCUT2D eigenvalue weighted by atomic mass is 10.00. The zero-order chi connectivity index (χ0) is 11.5. The molecule has 1 atom stereocenters. The van der Waals surface area contributed by atoms with Crippen LogP contribution in [0.2, 0.25) is 0 Å². The molecule has 1 heterocycles. The Morgan fingerprint density at radius 2 is 2.31 bits per heavy atom. The van der Waals surface area contributed by atoms with E-state index in [0.29, 0.717) is 0 Å². The molecular weight excluding hydrogens is 284 g/mol. The normalized spacial score (nSPS) is 12.7. The lowest BCUT2D eigenvalue weighted by Gasteiger charge is -2.13. The highest BCUT2D eigenvalue weighted by Crippen LogP contribution is 2.23. The maximum absolute atomic E-state index is 6.20. The molecule has 0 aliphatic carbocycles. The minimum Gasteiger partial charge on any atom is -0.324 e. The molecule has 2 nitrogen and oxygen atoms in total. The molecule has 0 amide bonds. The van der Waals surface area contributed by atoms with E-state index in [1.54, 1.807) is 11.3 Å². The number of rotatable bonds is 3. The fraction of sp³-hybridized carbons (Fsp3) is 0.250. The van der Waals surface area contributed by atoms with Crippen LogP contribution in [-0.4, -0.2) is 4.98 Å². The third-order valence-electron chi connectivity index (χ3n) is 2.52. The molecule has 0 bridgehead atoms. The Morgan fingerprint density at radius 3 is 3.00 bits per heavy atom. The lowest BCUT2D eigenvalue weighted by Crippen LogP contribution is -2.14. The Morgan fingerprint density at radius 1 is 1.50 bits per heavy atom. The topological polar surface area (TPSA) is 38.9 Å². The van der Waals surface area contributed by atoms with Gasteiger partial charge in [0.15, 0.2) is 0 Å². The van der Waals surface area contributed by atoms with Crippen molar-refractivity contribution in [2.24, 2.45) is 5.73 Å². The zero-order valence-corrected chi connectivity index (χ0v) is 11.4. The summed E-state index contributed by atoms with van der Waals surface area (Å²) >= 11 is 5.13. The number of aryl methyl sites for hydroxylation is 1. The summed E-state index contributed by atoms with van der Waals surface area (Å²) in [5.41, 5.74) is 8.62. The molecule has 2 rings (SSSR count). The molecule has 0 aliphatic heterocycles. The number of thiazole rings is 1. The molecule has 1 unspecified atom stereocenters. The van der Waals surface area contributed by atoms with Gasteiger partial charge in [0.05, 0.1) is 5.01 Å². The van der Waals surface area contributed by atoms with Crippen LogP contribution in [0.4, 0.5) is 0 Å². The second-order valence-electron chi connectivity index (χ2n) is 3.74. The van der Waals surface area contributed by atoms with Crippen LogP contribution in [0.25, 0.3) is 0 Å². The Balaban J connectivity index is 2.20. The van der Waals surface area contributed by atoms with Crippen LogP contribution >= 0.6 is 27.3 Å². The van der Waals surface area contributed by atoms with Crippen molar-refractivity contribution in [3.8, 4) is 0 Å². The second kappa shape index (κ2) is 5.08. The van der Waals surface area contributed by atoms with Gasteiger partial charge in [0.2, 0.25) is 0 Å². The van der Waals surface area contributed by atoms with Crippen molar-refractivity contribution in [1.82, 2.24) is 4.98 Å². The number of nitrogens with zero attached hydrogens (tertiary/aromatic N) is 1. The largest absolute Gasteiger partial charge is 0.324 e. The molecule has 0 spiro atoms. The van der Waals surface area contributed by atoms with Crippen molar-refractivity contribution >= 4 is 27.3 Å². The fourth-order valence-electron chi connectivity index (χ4n) is 1.66. The van der Waals surface area contributed by atoms with E-state index in [1.165, 1.54) is 11.1 Å². The Kier molecular flexibility index (Phi) is 3.74. The van der Waals surface area contributed by atoms with Gasteiger partial charge in [-0.2, -0.15) is 0 Å². The van der Waals surface area contributed by atoms with E-state index in [4.69, 9.17) is 5.73 Å². The van der Waals surface area contributed by atoms with Crippen molar-refractivity contribution < 1.29 is 0 Å². The summed E-state index contributed by atoms with van der Waals surface area (Å²) in [6.07, 6.45) is 2.62. The average molecular weight is 297 g/mol. The molecule has 84 valence electrons. The Bertz CT molecular complexity index is 468. The number of benzene rings is 1. The number of hydrogen-bond acceptors (Lipinski definition) is 3. The molecule has 1 aromatic heterocycles. The molecule has 0 aliphatic rings. The summed E-state index contributed by atoms with van der Waals surface area (Å²) in [6.45, 7) is 2.09. The minimum atomic E-state index is 0.0173. The fourth-order valence-corrected chi connectivity index (χ4v) is 2.72. The SMILES string of the molecule is Cc1ccc(Br)cc1C(N)Cc1nccs1. The number of aromatic nitrogens is 1. The third kappa shape index (κ3) is 2.70. The molecule has 0 saturated heterocycles. The predicted octanol–water partition coefficient (Wildman–Crippen LogP) is 3.46. The van der Waals surface area contributed by atoms with Crippen LogP contribution in [-0.2, 0) is 6.42 Å². The second-order valence-corrected chi connectivity index (χ2v) is 5.63. The molecule has 16 heavy (non-hydrogen) atoms. The standard InChI is InChI=1S/C12H13BrN2S/c1-8-2-3-9(13)6-10(8)11(14)7-12-15-4-5-16-12/h2-6,11H,7,14H2,1H3. The quantitative estimate of drug-likeness (QED) is 0.942. The van der Waals surface area contributed by atoms with Gasteiger partial charge < -0.3 is 5.73 Å². The average Bonchev–Trinajstić information content (AvgIpc) is 2.74. The molecule has 4 heteroatoms. The van der Waals surface area contributed by atoms with Gasteiger partial charge in [-0.05, 0) is 30.2 Å². The van der Waals surface area contributed by atoms with Gasteiger partial charge in [-0.1, -0.05) is 22.0 Å². The summed E-state index contributed by atoms with van der Waals surface area (Å²) in [5.74, 6) is 0. The third-order valence-corrected chi connectivity index (χ3v) is 3.81. The summed E-state index contributed by atoms with van der Waals surface area (Å²) in [7, 11) is 0. The van der Waals surface area contributed by atoms with Gasteiger partial charge in [0, 0.05) is 28.5 Å². The van der Waals surface area contributed by atoms with E-state index in [2.05, 4.69) is 40.0 Å². The van der Waals surface area contributed by atoms with E-state index in [-0.39, 0.29) is 6.04 Å². The van der Waals surface area contributed by atoms with E-state index in [0.717, 1.165) is 15.9 Å². The number of halogens is 1. The van der Waals surface area contributed by atoms with E-state index in [9.17, 15) is 0 Å². The number of hydrogen-bond donors (Lipinski definition) is 1. The summed E-state index contributed by atoms with van der Waals surface area (Å²) in [6, 6.07) is 6.23. The van der Waals surface area contributed by atoms with Gasteiger partial charge in [-0.3, -0.25) is 0 Å². The highest BCUT2D eigenvalue weighted by Gasteiger charge is 2.11. The van der Waals surface area contributed by atoms with Gasteiger partial charge >= 0.3 is 0 Å². The Labute approximate surface area is 108 Å². The minimum absolute atomic E-state index is 0.0173. The van der Waals surface area contributed by atoms with Crippen LogP contribution in [0.15, 0.2) is 34.2 Å². The van der Waals surface area contributed by atoms with Crippen molar-refractivity contribution in [2.45, 2.75) is 19.4 Å². The molecule has 0 radical (unpaired) electrons. The van der Waals surface area contributed by atoms with Gasteiger partial charge in [-0.25, -0.2) is 4.98 Å². The van der Waals surface area contributed by atoms with Gasteiger partial charge in [0.25, 0.3) is 0 Å². The van der Waals surface area contributed by atoms with Crippen molar-refractivity contribution in [3.05, 3.63) is 50.4 Å². The predicted molar refractivity (Wildman–Crippen MR) is 71.6 cm³/mol. The maximum Gasteiger partial charge on any atom is 0.0943 e. The van der Waals surface area contributed by atoms with Crippen molar-refractivity contribution in [3.63, 3.8) is 0 Å². The summed E-state index contributed by atoms with van der Waals surface area (Å²) < 4.78 is 1.07. The van der Waals surface area contributed by atoms with Crippen LogP contribution < -0.4 is 5.73 Å². The first-order chi connectivity index (χ1) is 7.66. The summed E-state index contributed by atoms with van der Waals surface area (Å²) in [4.78, 5) is 4.26. The first kappa shape index (κ1) is 11.8. The van der Waals surface area contributed by atoms with Gasteiger partial charge in [-0.15, -0.1) is 11.3 Å². The molecule has 0 saturated carbocycles. The lowest BCUT2D eigenvalue weighted by molar-refractivity contribution is 0.712. The van der Waals surface area contributed by atoms with E-state index < -0.39 is 0 Å². The van der Waals surface area contributed by atoms with Crippen LogP contribution in [0.5, 0.6) is 0 Å². The van der Waals surface area contributed by atoms with Crippen molar-refractivity contribution in [1.29, 1.82) is 0 Å². The molecule has 2 N–H and O–H groups in total. The molecule has 2 aromatic rings. The molecule has 0 fully saturated rings. The zero-order valence-electron chi connectivity index (χ0n) is 8.98. The van der Waals surface area contributed by atoms with Crippen LogP contribution in [0, 0.1) is 6.92 Å². The molecular formula is C12H13BrN2S. The monoisotopic (exact) mass is 296 g/mol. The van der Waals surface area contributed by atoms with Crippen molar-refractivity contribution in [2.75, 3.05) is 0 Å². The highest BCUT2D eigenvalue weighted by molar-refractivity contribution is 9.10. The smallest absolute Gasteiger partial charge is 0.0943 e. The van der Waals surface area contributed by atoms with E-state index in [1.807, 2.05) is 17.6 Å². The maximum atomic E-state index is 6.20. The summed E-state index contributed by atoms with van der Waals surface area (Å²) in [5, 5.41) is 3.07. The van der Waals surface area contributed by atoms with Crippen LogP contribution in [0.3, 0.4) is 0 Å². The van der Waals surface area contributed by atoms with E-state index >= 15 is 0 Å². The number of nitrogens with two attached hydrogens (primary N) is 1. The van der Waals surface area contributed by atoms with Crippen LogP contribution in [0.1, 0.15) is 22.2 Å². The first-order valence-electron chi connectivity index (χ1n) is 5.07. The first-order valence-corrected chi connectivity index (χ1v) is 6.74.